The summed E-state index contributed by atoms with van der Waals surface area (Å²) in [6.07, 6.45) is 2.49. The summed E-state index contributed by atoms with van der Waals surface area (Å²) in [5.41, 5.74) is 0.643. The van der Waals surface area contributed by atoms with Crippen LogP contribution in [0, 0.1) is 0 Å². The van der Waals surface area contributed by atoms with Crippen LogP contribution in [0.25, 0.3) is 22.1 Å². The first-order valence-electron chi connectivity index (χ1n) is 5.04. The molecule has 0 fully saturated rings. The van der Waals surface area contributed by atoms with Gasteiger partial charge in [-0.25, -0.2) is 4.79 Å². The minimum absolute atomic E-state index is 0.0763. The van der Waals surface area contributed by atoms with Crippen LogP contribution >= 0.6 is 0 Å². The number of para-hydroxylation sites is 1. The van der Waals surface area contributed by atoms with Crippen molar-refractivity contribution in [2.75, 3.05) is 0 Å². The smallest absolute Gasteiger partial charge is 0.344 e. The maximum Gasteiger partial charge on any atom is 0.344 e. The van der Waals surface area contributed by atoms with E-state index in [1.165, 1.54) is 12.5 Å². The van der Waals surface area contributed by atoms with Crippen LogP contribution < -0.4 is 5.63 Å². The first-order chi connectivity index (χ1) is 8.25. The van der Waals surface area contributed by atoms with E-state index in [2.05, 4.69) is 0 Å². The highest BCUT2D eigenvalue weighted by atomic mass is 16.4. The van der Waals surface area contributed by atoms with Gasteiger partial charge in [-0.15, -0.1) is 0 Å². The number of rotatable bonds is 1. The molecule has 4 heteroatoms. The molecule has 3 rings (SSSR count). The normalized spacial score (nSPS) is 10.8. The molecular formula is C13H8O4. The molecule has 0 aliphatic carbocycles. The average Bonchev–Trinajstić information content (AvgIpc) is 2.74. The Bertz CT molecular complexity index is 736. The Morgan fingerprint density at radius 3 is 2.65 bits per heavy atom. The molecule has 1 aromatic carbocycles. The second kappa shape index (κ2) is 3.52. The van der Waals surface area contributed by atoms with E-state index in [0.717, 1.165) is 5.39 Å². The average molecular weight is 228 g/mol. The lowest BCUT2D eigenvalue weighted by Crippen LogP contribution is -2.01. The molecule has 84 valence electrons. The zero-order valence-corrected chi connectivity index (χ0v) is 8.71. The third-order valence-corrected chi connectivity index (χ3v) is 2.57. The fourth-order valence-corrected chi connectivity index (χ4v) is 1.74. The molecule has 0 bridgehead atoms. The molecule has 2 aromatic heterocycles. The summed E-state index contributed by atoms with van der Waals surface area (Å²) < 4.78 is 10.00. The van der Waals surface area contributed by atoms with E-state index in [9.17, 15) is 9.90 Å². The number of hydrogen-bond acceptors (Lipinski definition) is 4. The third kappa shape index (κ3) is 1.50. The zero-order chi connectivity index (χ0) is 11.8. The predicted molar refractivity (Wildman–Crippen MR) is 61.9 cm³/mol. The van der Waals surface area contributed by atoms with Gasteiger partial charge in [0.25, 0.3) is 0 Å². The zero-order valence-electron chi connectivity index (χ0n) is 8.71. The summed E-state index contributed by atoms with van der Waals surface area (Å²) in [7, 11) is 0. The van der Waals surface area contributed by atoms with Crippen molar-refractivity contribution >= 4 is 11.0 Å². The Kier molecular flexibility index (Phi) is 2.01. The van der Waals surface area contributed by atoms with Crippen molar-refractivity contribution in [3.8, 4) is 16.9 Å². The maximum absolute atomic E-state index is 11.8. The van der Waals surface area contributed by atoms with Crippen LogP contribution in [0.15, 0.2) is 56.5 Å². The predicted octanol–water partition coefficient (Wildman–Crippen LogP) is 2.76. The largest absolute Gasteiger partial charge is 0.504 e. The van der Waals surface area contributed by atoms with Gasteiger partial charge in [-0.1, -0.05) is 18.2 Å². The van der Waals surface area contributed by atoms with E-state index < -0.39 is 5.63 Å². The second-order valence-electron chi connectivity index (χ2n) is 3.66. The van der Waals surface area contributed by atoms with E-state index >= 15 is 0 Å². The SMILES string of the molecule is O=c1oc2ccccc2cc1-c1cocc1O. The maximum atomic E-state index is 11.8. The standard InChI is InChI=1S/C13H8O4/c14-11-7-16-6-10(11)9-5-8-3-1-2-4-12(8)17-13(9)15/h1-7,14H. The Balaban J connectivity index is 2.34. The molecule has 2 heterocycles. The number of fused-ring (bicyclic) bond motifs is 1. The topological polar surface area (TPSA) is 63.6 Å². The molecule has 0 radical (unpaired) electrons. The minimum atomic E-state index is -0.500. The summed E-state index contributed by atoms with van der Waals surface area (Å²) >= 11 is 0. The summed E-state index contributed by atoms with van der Waals surface area (Å²) in [5.74, 6) is -0.0763. The summed E-state index contributed by atoms with van der Waals surface area (Å²) in [6.45, 7) is 0. The van der Waals surface area contributed by atoms with Crippen LogP contribution in [0.3, 0.4) is 0 Å². The van der Waals surface area contributed by atoms with Crippen LogP contribution in [0.1, 0.15) is 0 Å². The van der Waals surface area contributed by atoms with Crippen LogP contribution in [0.5, 0.6) is 5.75 Å². The molecule has 0 unspecified atom stereocenters. The monoisotopic (exact) mass is 228 g/mol. The van der Waals surface area contributed by atoms with Crippen molar-refractivity contribution in [3.05, 3.63) is 53.3 Å². The van der Waals surface area contributed by atoms with Crippen molar-refractivity contribution in [2.24, 2.45) is 0 Å². The van der Waals surface area contributed by atoms with E-state index in [1.54, 1.807) is 18.2 Å². The van der Waals surface area contributed by atoms with Gasteiger partial charge in [0.2, 0.25) is 0 Å². The van der Waals surface area contributed by atoms with Gasteiger partial charge in [-0.3, -0.25) is 0 Å². The molecular weight excluding hydrogens is 220 g/mol. The van der Waals surface area contributed by atoms with Gasteiger partial charge in [-0.2, -0.15) is 0 Å². The van der Waals surface area contributed by atoms with Crippen molar-refractivity contribution in [2.45, 2.75) is 0 Å². The van der Waals surface area contributed by atoms with Crippen LogP contribution in [0.4, 0.5) is 0 Å². The molecule has 17 heavy (non-hydrogen) atoms. The number of aromatic hydroxyl groups is 1. The van der Waals surface area contributed by atoms with Gasteiger partial charge in [-0.05, 0) is 12.1 Å². The molecule has 1 N–H and O–H groups in total. The molecule has 0 spiro atoms. The fraction of sp³-hybridized carbons (Fsp3) is 0. The van der Waals surface area contributed by atoms with Gasteiger partial charge in [0.05, 0.1) is 11.1 Å². The van der Waals surface area contributed by atoms with Crippen molar-refractivity contribution < 1.29 is 13.9 Å². The van der Waals surface area contributed by atoms with Crippen molar-refractivity contribution in [1.29, 1.82) is 0 Å². The van der Waals surface area contributed by atoms with Crippen LogP contribution in [0.2, 0.25) is 0 Å². The lowest BCUT2D eigenvalue weighted by Gasteiger charge is -1.99. The highest BCUT2D eigenvalue weighted by Crippen LogP contribution is 2.29. The van der Waals surface area contributed by atoms with Gasteiger partial charge in [0.15, 0.2) is 5.75 Å². The third-order valence-electron chi connectivity index (χ3n) is 2.57. The van der Waals surface area contributed by atoms with Gasteiger partial charge in [0.1, 0.15) is 18.1 Å². The van der Waals surface area contributed by atoms with E-state index in [0.29, 0.717) is 11.1 Å². The van der Waals surface area contributed by atoms with Crippen LogP contribution in [-0.2, 0) is 0 Å². The molecule has 3 aromatic rings. The van der Waals surface area contributed by atoms with Gasteiger partial charge < -0.3 is 13.9 Å². The lowest BCUT2D eigenvalue weighted by molar-refractivity contribution is 0.459. The number of hydrogen-bond donors (Lipinski definition) is 1. The first-order valence-corrected chi connectivity index (χ1v) is 5.04. The van der Waals surface area contributed by atoms with Gasteiger partial charge in [0, 0.05) is 5.39 Å². The molecule has 4 nitrogen and oxygen atoms in total. The highest BCUT2D eigenvalue weighted by Gasteiger charge is 2.12. The first kappa shape index (κ1) is 9.72. The van der Waals surface area contributed by atoms with E-state index in [1.807, 2.05) is 12.1 Å². The minimum Gasteiger partial charge on any atom is -0.504 e. The second-order valence-corrected chi connectivity index (χ2v) is 3.66. The Labute approximate surface area is 95.7 Å². The molecule has 0 aliphatic heterocycles. The Morgan fingerprint density at radius 1 is 1.06 bits per heavy atom. The van der Waals surface area contributed by atoms with E-state index in [4.69, 9.17) is 8.83 Å². The number of furan rings is 1. The van der Waals surface area contributed by atoms with Crippen molar-refractivity contribution in [1.82, 2.24) is 0 Å². The summed E-state index contributed by atoms with van der Waals surface area (Å²) in [4.78, 5) is 11.8. The molecule has 0 atom stereocenters. The quantitative estimate of drug-likeness (QED) is 0.650. The molecule has 0 aliphatic rings. The molecule has 0 saturated carbocycles. The van der Waals surface area contributed by atoms with Gasteiger partial charge >= 0.3 is 5.63 Å². The molecule has 0 amide bonds. The Morgan fingerprint density at radius 2 is 1.88 bits per heavy atom. The highest BCUT2D eigenvalue weighted by molar-refractivity contribution is 5.82. The lowest BCUT2D eigenvalue weighted by atomic mass is 10.1. The Hall–Kier alpha value is -2.49. The summed E-state index contributed by atoms with van der Waals surface area (Å²) in [6, 6.07) is 8.86. The van der Waals surface area contributed by atoms with E-state index in [-0.39, 0.29) is 11.3 Å². The summed E-state index contributed by atoms with van der Waals surface area (Å²) in [5, 5.41) is 10.3. The molecule has 0 saturated heterocycles. The fourth-order valence-electron chi connectivity index (χ4n) is 1.74. The van der Waals surface area contributed by atoms with Crippen molar-refractivity contribution in [3.63, 3.8) is 0 Å². The number of benzene rings is 1. The van der Waals surface area contributed by atoms with Crippen LogP contribution in [-0.4, -0.2) is 5.11 Å².